The molecule has 0 spiro atoms. The van der Waals surface area contributed by atoms with Crippen molar-refractivity contribution in [1.82, 2.24) is 15.0 Å². The number of anilines is 1. The summed E-state index contributed by atoms with van der Waals surface area (Å²) in [5, 5.41) is 0.911. The quantitative estimate of drug-likeness (QED) is 0.706. The van der Waals surface area contributed by atoms with Gasteiger partial charge in [0.05, 0.1) is 18.1 Å². The van der Waals surface area contributed by atoms with Crippen LogP contribution in [0.4, 0.5) is 5.82 Å². The fourth-order valence-corrected chi connectivity index (χ4v) is 2.66. The number of nitrogens with zero attached hydrogens (tertiary/aromatic N) is 2. The molecule has 0 aliphatic heterocycles. The first-order chi connectivity index (χ1) is 11.2. The van der Waals surface area contributed by atoms with Crippen LogP contribution >= 0.6 is 0 Å². The monoisotopic (exact) mass is 310 g/mol. The standard InChI is InChI=1S/C17H18N4O2/c1-23-17(22)12-7-5-11(6-8-12)3-2-4-13-9-19-16-14(13)15(18)20-10-21-16/h5-10H,2-4H2,1H3,(H3,18,19,20,21). The molecule has 0 saturated carbocycles. The van der Waals surface area contributed by atoms with Crippen LogP contribution in [0.15, 0.2) is 36.8 Å². The van der Waals surface area contributed by atoms with Gasteiger partial charge in [0.15, 0.2) is 0 Å². The first kappa shape index (κ1) is 15.0. The normalized spacial score (nSPS) is 10.8. The van der Waals surface area contributed by atoms with E-state index in [2.05, 4.69) is 15.0 Å². The zero-order valence-electron chi connectivity index (χ0n) is 12.9. The van der Waals surface area contributed by atoms with Gasteiger partial charge in [0, 0.05) is 6.20 Å². The van der Waals surface area contributed by atoms with E-state index in [1.807, 2.05) is 18.3 Å². The number of nitrogens with two attached hydrogens (primary N) is 1. The highest BCUT2D eigenvalue weighted by Crippen LogP contribution is 2.22. The lowest BCUT2D eigenvalue weighted by Crippen LogP contribution is -2.01. The smallest absolute Gasteiger partial charge is 0.337 e. The summed E-state index contributed by atoms with van der Waals surface area (Å²) in [6.45, 7) is 0. The SMILES string of the molecule is COC(=O)c1ccc(CCCc2c[nH]c3ncnc(N)c23)cc1. The van der Waals surface area contributed by atoms with Crippen molar-refractivity contribution in [2.45, 2.75) is 19.3 Å². The van der Waals surface area contributed by atoms with Gasteiger partial charge in [0.1, 0.15) is 17.8 Å². The number of fused-ring (bicyclic) bond motifs is 1. The average Bonchev–Trinajstić information content (AvgIpc) is 2.99. The molecule has 3 aromatic rings. The lowest BCUT2D eigenvalue weighted by molar-refractivity contribution is 0.0600. The summed E-state index contributed by atoms with van der Waals surface area (Å²) in [6, 6.07) is 7.50. The van der Waals surface area contributed by atoms with Gasteiger partial charge in [-0.25, -0.2) is 14.8 Å². The zero-order valence-corrected chi connectivity index (χ0v) is 12.9. The third kappa shape index (κ3) is 3.15. The second-order valence-corrected chi connectivity index (χ2v) is 5.34. The molecule has 6 heteroatoms. The molecular formula is C17H18N4O2. The fraction of sp³-hybridized carbons (Fsp3) is 0.235. The first-order valence-corrected chi connectivity index (χ1v) is 7.42. The Kier molecular flexibility index (Phi) is 4.23. The molecule has 0 atom stereocenters. The molecule has 0 aliphatic rings. The van der Waals surface area contributed by atoms with Crippen LogP contribution in [0.2, 0.25) is 0 Å². The summed E-state index contributed by atoms with van der Waals surface area (Å²) in [7, 11) is 1.38. The Bertz CT molecular complexity index is 824. The van der Waals surface area contributed by atoms with Gasteiger partial charge >= 0.3 is 5.97 Å². The van der Waals surface area contributed by atoms with E-state index in [1.54, 1.807) is 12.1 Å². The number of aromatic nitrogens is 3. The highest BCUT2D eigenvalue weighted by molar-refractivity contribution is 5.89. The van der Waals surface area contributed by atoms with Gasteiger partial charge in [0.2, 0.25) is 0 Å². The van der Waals surface area contributed by atoms with Gasteiger partial charge in [-0.2, -0.15) is 0 Å². The topological polar surface area (TPSA) is 93.9 Å². The van der Waals surface area contributed by atoms with E-state index in [0.717, 1.165) is 35.9 Å². The average molecular weight is 310 g/mol. The largest absolute Gasteiger partial charge is 0.465 e. The number of hydrogen-bond acceptors (Lipinski definition) is 5. The van der Waals surface area contributed by atoms with Crippen LogP contribution in [0.25, 0.3) is 11.0 Å². The van der Waals surface area contributed by atoms with E-state index in [9.17, 15) is 4.79 Å². The molecule has 0 unspecified atom stereocenters. The predicted octanol–water partition coefficient (Wildman–Crippen LogP) is 2.50. The Balaban J connectivity index is 1.64. The highest BCUT2D eigenvalue weighted by atomic mass is 16.5. The number of rotatable bonds is 5. The number of carbonyl (C=O) groups is 1. The lowest BCUT2D eigenvalue weighted by atomic mass is 10.0. The van der Waals surface area contributed by atoms with E-state index < -0.39 is 0 Å². The van der Waals surface area contributed by atoms with Crippen molar-refractivity contribution in [3.05, 3.63) is 53.5 Å². The summed E-state index contributed by atoms with van der Waals surface area (Å²) in [5.74, 6) is 0.194. The van der Waals surface area contributed by atoms with E-state index in [1.165, 1.54) is 19.0 Å². The second-order valence-electron chi connectivity index (χ2n) is 5.34. The van der Waals surface area contributed by atoms with Crippen molar-refractivity contribution in [3.63, 3.8) is 0 Å². The molecule has 0 bridgehead atoms. The maximum atomic E-state index is 11.4. The number of aromatic amines is 1. The molecule has 0 amide bonds. The Morgan fingerprint density at radius 2 is 2.00 bits per heavy atom. The Labute approximate surface area is 133 Å². The van der Waals surface area contributed by atoms with Gasteiger partial charge in [-0.05, 0) is 42.5 Å². The number of carbonyl (C=O) groups excluding carboxylic acids is 1. The minimum absolute atomic E-state index is 0.314. The molecule has 3 rings (SSSR count). The third-order valence-corrected chi connectivity index (χ3v) is 3.87. The van der Waals surface area contributed by atoms with Crippen molar-refractivity contribution in [1.29, 1.82) is 0 Å². The van der Waals surface area contributed by atoms with Gasteiger partial charge in [0.25, 0.3) is 0 Å². The van der Waals surface area contributed by atoms with E-state index in [4.69, 9.17) is 10.5 Å². The van der Waals surface area contributed by atoms with Gasteiger partial charge in [-0.1, -0.05) is 12.1 Å². The maximum absolute atomic E-state index is 11.4. The number of aryl methyl sites for hydroxylation is 2. The second kappa shape index (κ2) is 6.48. The molecule has 0 aliphatic carbocycles. The van der Waals surface area contributed by atoms with Crippen LogP contribution in [0.3, 0.4) is 0 Å². The Morgan fingerprint density at radius 3 is 2.74 bits per heavy atom. The molecule has 2 aromatic heterocycles. The zero-order chi connectivity index (χ0) is 16.2. The van der Waals surface area contributed by atoms with Crippen LogP contribution in [0, 0.1) is 0 Å². The number of ether oxygens (including phenoxy) is 1. The minimum Gasteiger partial charge on any atom is -0.465 e. The van der Waals surface area contributed by atoms with E-state index >= 15 is 0 Å². The summed E-state index contributed by atoms with van der Waals surface area (Å²) in [6.07, 6.45) is 6.17. The Hall–Kier alpha value is -2.89. The molecule has 3 N–H and O–H groups in total. The summed E-state index contributed by atoms with van der Waals surface area (Å²) < 4.78 is 4.69. The lowest BCUT2D eigenvalue weighted by Gasteiger charge is -2.04. The third-order valence-electron chi connectivity index (χ3n) is 3.87. The number of benzene rings is 1. The summed E-state index contributed by atoms with van der Waals surface area (Å²) >= 11 is 0. The molecule has 0 radical (unpaired) electrons. The number of hydrogen-bond donors (Lipinski definition) is 2. The molecule has 1 aromatic carbocycles. The van der Waals surface area contributed by atoms with Crippen molar-refractivity contribution >= 4 is 22.8 Å². The fourth-order valence-electron chi connectivity index (χ4n) is 2.66. The molecule has 23 heavy (non-hydrogen) atoms. The molecule has 2 heterocycles. The molecule has 0 saturated heterocycles. The highest BCUT2D eigenvalue weighted by Gasteiger charge is 2.09. The number of H-pyrrole nitrogens is 1. The van der Waals surface area contributed by atoms with Gasteiger partial charge < -0.3 is 15.5 Å². The molecule has 6 nitrogen and oxygen atoms in total. The number of nitrogen functional groups attached to an aromatic ring is 1. The van der Waals surface area contributed by atoms with Crippen LogP contribution in [-0.4, -0.2) is 28.0 Å². The van der Waals surface area contributed by atoms with Gasteiger partial charge in [-0.3, -0.25) is 0 Å². The molecule has 118 valence electrons. The number of esters is 1. The molecule has 0 fully saturated rings. The van der Waals surface area contributed by atoms with Crippen LogP contribution < -0.4 is 5.73 Å². The Morgan fingerprint density at radius 1 is 1.22 bits per heavy atom. The maximum Gasteiger partial charge on any atom is 0.337 e. The van der Waals surface area contributed by atoms with Crippen molar-refractivity contribution in [2.75, 3.05) is 12.8 Å². The van der Waals surface area contributed by atoms with Crippen molar-refractivity contribution in [2.24, 2.45) is 0 Å². The summed E-state index contributed by atoms with van der Waals surface area (Å²) in [5.41, 5.74) is 9.58. The minimum atomic E-state index is -0.314. The predicted molar refractivity (Wildman–Crippen MR) is 88.1 cm³/mol. The van der Waals surface area contributed by atoms with E-state index in [-0.39, 0.29) is 5.97 Å². The van der Waals surface area contributed by atoms with Crippen LogP contribution in [0.5, 0.6) is 0 Å². The summed E-state index contributed by atoms with van der Waals surface area (Å²) in [4.78, 5) is 22.7. The first-order valence-electron chi connectivity index (χ1n) is 7.42. The van der Waals surface area contributed by atoms with Crippen LogP contribution in [0.1, 0.15) is 27.9 Å². The molecular weight excluding hydrogens is 292 g/mol. The van der Waals surface area contributed by atoms with E-state index in [0.29, 0.717) is 11.4 Å². The van der Waals surface area contributed by atoms with Crippen LogP contribution in [-0.2, 0) is 17.6 Å². The number of methoxy groups -OCH3 is 1. The number of nitrogens with one attached hydrogen (secondary N) is 1. The van der Waals surface area contributed by atoms with Crippen molar-refractivity contribution in [3.8, 4) is 0 Å². The van der Waals surface area contributed by atoms with Crippen molar-refractivity contribution < 1.29 is 9.53 Å². The van der Waals surface area contributed by atoms with Gasteiger partial charge in [-0.15, -0.1) is 0 Å².